The molecule has 0 unspecified atom stereocenters. The minimum Gasteiger partial charge on any atom is -0.398 e. The van der Waals surface area contributed by atoms with E-state index in [1.54, 1.807) is 12.0 Å². The third-order valence-electron chi connectivity index (χ3n) is 3.44. The summed E-state index contributed by atoms with van der Waals surface area (Å²) in [7, 11) is 1.69. The molecular formula is C13H19N3O3. The number of rotatable bonds is 3. The Hall–Kier alpha value is -1.82. The third kappa shape index (κ3) is 3.35. The number of hydrogen-bond donors (Lipinski definition) is 1. The van der Waals surface area contributed by atoms with Gasteiger partial charge in [-0.3, -0.25) is 9.59 Å². The molecule has 0 radical (unpaired) electrons. The maximum absolute atomic E-state index is 12.1. The molecule has 1 aliphatic rings. The van der Waals surface area contributed by atoms with Crippen molar-refractivity contribution in [1.29, 1.82) is 0 Å². The number of aromatic nitrogens is 1. The van der Waals surface area contributed by atoms with Crippen molar-refractivity contribution in [2.24, 2.45) is 0 Å². The SMILES string of the molecule is COC1CCN(C(=O)Cn2cc(N)ccc2=O)CC1. The molecule has 1 saturated heterocycles. The standard InChI is InChI=1S/C13H19N3O3/c1-19-11-4-6-15(7-5-11)13(18)9-16-8-10(14)2-3-12(16)17/h2-3,8,11H,4-7,9,14H2,1H3. The van der Waals surface area contributed by atoms with E-state index in [2.05, 4.69) is 0 Å². The van der Waals surface area contributed by atoms with Crippen molar-refractivity contribution < 1.29 is 9.53 Å². The first-order valence-corrected chi connectivity index (χ1v) is 6.36. The van der Waals surface area contributed by atoms with Crippen molar-refractivity contribution in [2.75, 3.05) is 25.9 Å². The molecule has 1 aliphatic heterocycles. The lowest BCUT2D eigenvalue weighted by atomic mass is 10.1. The first-order valence-electron chi connectivity index (χ1n) is 6.36. The van der Waals surface area contributed by atoms with Gasteiger partial charge >= 0.3 is 0 Å². The van der Waals surface area contributed by atoms with Gasteiger partial charge in [0.2, 0.25) is 5.91 Å². The Balaban J connectivity index is 1.98. The molecule has 6 heteroatoms. The van der Waals surface area contributed by atoms with Crippen LogP contribution in [0.3, 0.4) is 0 Å². The summed E-state index contributed by atoms with van der Waals surface area (Å²) in [6, 6.07) is 2.91. The Morgan fingerprint density at radius 1 is 1.42 bits per heavy atom. The summed E-state index contributed by atoms with van der Waals surface area (Å²) in [6.45, 7) is 1.39. The molecule has 1 fully saturated rings. The number of piperidine rings is 1. The summed E-state index contributed by atoms with van der Waals surface area (Å²) in [5.74, 6) is -0.0535. The van der Waals surface area contributed by atoms with Gasteiger partial charge in [0, 0.05) is 38.1 Å². The van der Waals surface area contributed by atoms with E-state index in [0.29, 0.717) is 18.8 Å². The van der Waals surface area contributed by atoms with Crippen LogP contribution in [0.4, 0.5) is 5.69 Å². The predicted molar refractivity (Wildman–Crippen MR) is 71.7 cm³/mol. The van der Waals surface area contributed by atoms with Gasteiger partial charge in [0.25, 0.3) is 5.56 Å². The molecule has 2 heterocycles. The zero-order chi connectivity index (χ0) is 13.8. The highest BCUT2D eigenvalue weighted by Gasteiger charge is 2.22. The van der Waals surface area contributed by atoms with Gasteiger partial charge in [-0.15, -0.1) is 0 Å². The van der Waals surface area contributed by atoms with Gasteiger partial charge in [-0.1, -0.05) is 0 Å². The van der Waals surface area contributed by atoms with Crippen LogP contribution in [0.5, 0.6) is 0 Å². The zero-order valence-electron chi connectivity index (χ0n) is 11.0. The summed E-state index contributed by atoms with van der Waals surface area (Å²) >= 11 is 0. The third-order valence-corrected chi connectivity index (χ3v) is 3.44. The number of amides is 1. The van der Waals surface area contributed by atoms with Crippen LogP contribution < -0.4 is 11.3 Å². The number of nitrogens with zero attached hydrogens (tertiary/aromatic N) is 2. The molecule has 0 saturated carbocycles. The van der Waals surface area contributed by atoms with E-state index in [9.17, 15) is 9.59 Å². The smallest absolute Gasteiger partial charge is 0.251 e. The van der Waals surface area contributed by atoms with Crippen LogP contribution in [-0.4, -0.2) is 41.7 Å². The number of carbonyl (C=O) groups is 1. The first-order chi connectivity index (χ1) is 9.10. The number of nitrogens with two attached hydrogens (primary N) is 1. The second-order valence-corrected chi connectivity index (χ2v) is 4.74. The average Bonchev–Trinajstić information content (AvgIpc) is 2.43. The van der Waals surface area contributed by atoms with Crippen molar-refractivity contribution in [2.45, 2.75) is 25.5 Å². The molecule has 1 aromatic heterocycles. The number of methoxy groups -OCH3 is 1. The molecule has 0 aromatic carbocycles. The van der Waals surface area contributed by atoms with E-state index in [-0.39, 0.29) is 24.1 Å². The molecule has 0 spiro atoms. The second-order valence-electron chi connectivity index (χ2n) is 4.74. The van der Waals surface area contributed by atoms with Gasteiger partial charge in [0.1, 0.15) is 6.54 Å². The van der Waals surface area contributed by atoms with E-state index < -0.39 is 0 Å². The number of ether oxygens (including phenoxy) is 1. The van der Waals surface area contributed by atoms with Crippen LogP contribution in [0.2, 0.25) is 0 Å². The van der Waals surface area contributed by atoms with E-state index in [1.165, 1.54) is 22.9 Å². The highest BCUT2D eigenvalue weighted by atomic mass is 16.5. The second kappa shape index (κ2) is 5.88. The topological polar surface area (TPSA) is 77.6 Å². The van der Waals surface area contributed by atoms with E-state index >= 15 is 0 Å². The van der Waals surface area contributed by atoms with Gasteiger partial charge in [0.05, 0.1) is 6.10 Å². The molecule has 1 aromatic rings. The summed E-state index contributed by atoms with van der Waals surface area (Å²) in [5, 5.41) is 0. The molecule has 1 amide bonds. The largest absolute Gasteiger partial charge is 0.398 e. The van der Waals surface area contributed by atoms with Crippen molar-refractivity contribution in [3.8, 4) is 0 Å². The van der Waals surface area contributed by atoms with Crippen molar-refractivity contribution in [3.05, 3.63) is 28.7 Å². The average molecular weight is 265 g/mol. The maximum atomic E-state index is 12.1. The number of nitrogen functional groups attached to an aromatic ring is 1. The van der Waals surface area contributed by atoms with E-state index in [4.69, 9.17) is 10.5 Å². The van der Waals surface area contributed by atoms with Crippen LogP contribution in [0.15, 0.2) is 23.1 Å². The molecule has 19 heavy (non-hydrogen) atoms. The predicted octanol–water partition coefficient (Wildman–Crippen LogP) is 0.0679. The fraction of sp³-hybridized carbons (Fsp3) is 0.538. The maximum Gasteiger partial charge on any atom is 0.251 e. The monoisotopic (exact) mass is 265 g/mol. The Morgan fingerprint density at radius 2 is 2.11 bits per heavy atom. The first kappa shape index (κ1) is 13.6. The van der Waals surface area contributed by atoms with Crippen LogP contribution >= 0.6 is 0 Å². The number of anilines is 1. The summed E-state index contributed by atoms with van der Waals surface area (Å²) < 4.78 is 6.61. The minimum absolute atomic E-state index is 0.0432. The Bertz CT molecular complexity index is 504. The highest BCUT2D eigenvalue weighted by molar-refractivity contribution is 5.76. The van der Waals surface area contributed by atoms with Crippen molar-refractivity contribution in [3.63, 3.8) is 0 Å². The quantitative estimate of drug-likeness (QED) is 0.839. The lowest BCUT2D eigenvalue weighted by molar-refractivity contribution is -0.134. The molecule has 2 N–H and O–H groups in total. The van der Waals surface area contributed by atoms with Crippen molar-refractivity contribution >= 4 is 11.6 Å². The van der Waals surface area contributed by atoms with Gasteiger partial charge in [-0.05, 0) is 18.9 Å². The summed E-state index contributed by atoms with van der Waals surface area (Å²) in [4.78, 5) is 25.5. The normalized spacial score (nSPS) is 16.6. The fourth-order valence-corrected chi connectivity index (χ4v) is 2.26. The fourth-order valence-electron chi connectivity index (χ4n) is 2.26. The molecule has 104 valence electrons. The van der Waals surface area contributed by atoms with Crippen LogP contribution in [0, 0.1) is 0 Å². The zero-order valence-corrected chi connectivity index (χ0v) is 11.0. The van der Waals surface area contributed by atoms with Gasteiger partial charge < -0.3 is 19.9 Å². The molecule has 6 nitrogen and oxygen atoms in total. The van der Waals surface area contributed by atoms with Crippen LogP contribution in [0.25, 0.3) is 0 Å². The highest BCUT2D eigenvalue weighted by Crippen LogP contribution is 2.13. The van der Waals surface area contributed by atoms with E-state index in [1.807, 2.05) is 0 Å². The molecule has 0 bridgehead atoms. The number of hydrogen-bond acceptors (Lipinski definition) is 4. The van der Waals surface area contributed by atoms with Crippen molar-refractivity contribution in [1.82, 2.24) is 9.47 Å². The summed E-state index contributed by atoms with van der Waals surface area (Å²) in [5.41, 5.74) is 5.88. The minimum atomic E-state index is -0.214. The number of likely N-dealkylation sites (tertiary alicyclic amines) is 1. The Labute approximate surface area is 111 Å². The molecule has 0 atom stereocenters. The van der Waals surface area contributed by atoms with Gasteiger partial charge in [-0.2, -0.15) is 0 Å². The molecule has 2 rings (SSSR count). The summed E-state index contributed by atoms with van der Waals surface area (Å²) in [6.07, 6.45) is 3.42. The molecular weight excluding hydrogens is 246 g/mol. The lowest BCUT2D eigenvalue weighted by Gasteiger charge is -2.31. The van der Waals surface area contributed by atoms with Crippen LogP contribution in [0.1, 0.15) is 12.8 Å². The Kier molecular flexibility index (Phi) is 4.21. The molecule has 0 aliphatic carbocycles. The number of pyridine rings is 1. The van der Waals surface area contributed by atoms with E-state index in [0.717, 1.165) is 12.8 Å². The lowest BCUT2D eigenvalue weighted by Crippen LogP contribution is -2.43. The number of carbonyl (C=O) groups excluding carboxylic acids is 1. The van der Waals surface area contributed by atoms with Gasteiger partial charge in [0.15, 0.2) is 0 Å². The Morgan fingerprint density at radius 3 is 2.74 bits per heavy atom. The van der Waals surface area contributed by atoms with Gasteiger partial charge in [-0.25, -0.2) is 0 Å². The van der Waals surface area contributed by atoms with Crippen LogP contribution in [-0.2, 0) is 16.1 Å².